The van der Waals surface area contributed by atoms with Crippen molar-refractivity contribution < 1.29 is 22.5 Å². The van der Waals surface area contributed by atoms with E-state index in [0.29, 0.717) is 29.4 Å². The normalized spacial score (nSPS) is 11.3. The third-order valence-corrected chi connectivity index (χ3v) is 3.62. The molecule has 0 aliphatic rings. The number of halogens is 3. The minimum Gasteiger partial charge on any atom is -0.339 e. The van der Waals surface area contributed by atoms with E-state index in [9.17, 15) is 18.0 Å². The smallest absolute Gasteiger partial charge is 0.339 e. The highest BCUT2D eigenvalue weighted by molar-refractivity contribution is 5.99. The number of anilines is 2. The molecule has 27 heavy (non-hydrogen) atoms. The SMILES string of the molecule is CCc1nc(-c2ccc(NC(=O)Nc3cccc(C(F)(F)F)c3)cc2)no1. The summed E-state index contributed by atoms with van der Waals surface area (Å²) in [5, 5.41) is 8.77. The molecule has 3 rings (SSSR count). The fraction of sp³-hybridized carbons (Fsp3) is 0.167. The summed E-state index contributed by atoms with van der Waals surface area (Å²) < 4.78 is 43.2. The summed E-state index contributed by atoms with van der Waals surface area (Å²) in [6.07, 6.45) is -3.85. The van der Waals surface area contributed by atoms with Crippen molar-refractivity contribution in [2.24, 2.45) is 0 Å². The fourth-order valence-electron chi connectivity index (χ4n) is 2.29. The Morgan fingerprint density at radius 1 is 1.07 bits per heavy atom. The van der Waals surface area contributed by atoms with Crippen LogP contribution in [0.3, 0.4) is 0 Å². The highest BCUT2D eigenvalue weighted by Gasteiger charge is 2.30. The summed E-state index contributed by atoms with van der Waals surface area (Å²) >= 11 is 0. The maximum Gasteiger partial charge on any atom is 0.416 e. The molecule has 0 saturated carbocycles. The molecule has 0 bridgehead atoms. The van der Waals surface area contributed by atoms with Crippen molar-refractivity contribution >= 4 is 17.4 Å². The van der Waals surface area contributed by atoms with E-state index in [0.717, 1.165) is 12.1 Å². The summed E-state index contributed by atoms with van der Waals surface area (Å²) in [5.41, 5.74) is 0.374. The molecule has 0 radical (unpaired) electrons. The lowest BCUT2D eigenvalue weighted by molar-refractivity contribution is -0.137. The number of benzene rings is 2. The van der Waals surface area contributed by atoms with Crippen LogP contribution in [-0.2, 0) is 12.6 Å². The molecule has 0 spiro atoms. The second-order valence-electron chi connectivity index (χ2n) is 5.60. The Balaban J connectivity index is 1.64. The van der Waals surface area contributed by atoms with E-state index in [-0.39, 0.29) is 5.69 Å². The zero-order valence-electron chi connectivity index (χ0n) is 14.2. The molecule has 0 aliphatic carbocycles. The molecule has 6 nitrogen and oxygen atoms in total. The van der Waals surface area contributed by atoms with Crippen molar-refractivity contribution in [3.05, 3.63) is 60.0 Å². The van der Waals surface area contributed by atoms with E-state index in [1.807, 2.05) is 6.92 Å². The molecular weight excluding hydrogens is 361 g/mol. The maximum absolute atomic E-state index is 12.7. The zero-order valence-corrected chi connectivity index (χ0v) is 14.2. The van der Waals surface area contributed by atoms with Crippen molar-refractivity contribution in [3.63, 3.8) is 0 Å². The lowest BCUT2D eigenvalue weighted by atomic mass is 10.2. The van der Waals surface area contributed by atoms with Gasteiger partial charge in [0.25, 0.3) is 0 Å². The second-order valence-corrected chi connectivity index (χ2v) is 5.60. The number of amides is 2. The monoisotopic (exact) mass is 376 g/mol. The molecule has 0 aliphatic heterocycles. The van der Waals surface area contributed by atoms with Crippen LogP contribution in [0.2, 0.25) is 0 Å². The Morgan fingerprint density at radius 3 is 2.41 bits per heavy atom. The van der Waals surface area contributed by atoms with Crippen LogP contribution in [0.5, 0.6) is 0 Å². The van der Waals surface area contributed by atoms with Gasteiger partial charge in [0.15, 0.2) is 0 Å². The minimum atomic E-state index is -4.48. The molecule has 0 saturated heterocycles. The van der Waals surface area contributed by atoms with Crippen LogP contribution in [-0.4, -0.2) is 16.2 Å². The van der Waals surface area contributed by atoms with Crippen LogP contribution in [0.1, 0.15) is 18.4 Å². The predicted molar refractivity (Wildman–Crippen MR) is 93.2 cm³/mol. The highest BCUT2D eigenvalue weighted by atomic mass is 19.4. The molecule has 2 aromatic carbocycles. The number of hydrogen-bond acceptors (Lipinski definition) is 4. The third-order valence-electron chi connectivity index (χ3n) is 3.62. The van der Waals surface area contributed by atoms with Gasteiger partial charge in [0, 0.05) is 23.4 Å². The van der Waals surface area contributed by atoms with Gasteiger partial charge in [0.2, 0.25) is 11.7 Å². The lowest BCUT2D eigenvalue weighted by Crippen LogP contribution is -2.19. The van der Waals surface area contributed by atoms with E-state index in [2.05, 4.69) is 20.8 Å². The van der Waals surface area contributed by atoms with Gasteiger partial charge in [0.05, 0.1) is 5.56 Å². The van der Waals surface area contributed by atoms with Crippen molar-refractivity contribution in [2.45, 2.75) is 19.5 Å². The Hall–Kier alpha value is -3.36. The summed E-state index contributed by atoms with van der Waals surface area (Å²) in [7, 11) is 0. The van der Waals surface area contributed by atoms with Gasteiger partial charge in [0.1, 0.15) is 0 Å². The van der Waals surface area contributed by atoms with Gasteiger partial charge in [-0.3, -0.25) is 0 Å². The number of aryl methyl sites for hydroxylation is 1. The molecular formula is C18H15F3N4O2. The van der Waals surface area contributed by atoms with Crippen molar-refractivity contribution in [2.75, 3.05) is 10.6 Å². The predicted octanol–water partition coefficient (Wildman–Crippen LogP) is 4.96. The summed E-state index contributed by atoms with van der Waals surface area (Å²) in [6, 6.07) is 10.4. The first-order valence-electron chi connectivity index (χ1n) is 8.03. The molecule has 0 fully saturated rings. The van der Waals surface area contributed by atoms with Gasteiger partial charge in [-0.25, -0.2) is 4.79 Å². The number of aromatic nitrogens is 2. The molecule has 140 valence electrons. The van der Waals surface area contributed by atoms with Gasteiger partial charge in [-0.1, -0.05) is 18.1 Å². The number of carbonyl (C=O) groups excluding carboxylic acids is 1. The van der Waals surface area contributed by atoms with Crippen molar-refractivity contribution in [1.29, 1.82) is 0 Å². The quantitative estimate of drug-likeness (QED) is 0.674. The topological polar surface area (TPSA) is 80.0 Å². The van der Waals surface area contributed by atoms with Crippen molar-refractivity contribution in [1.82, 2.24) is 10.1 Å². The number of nitrogens with zero attached hydrogens (tertiary/aromatic N) is 2. The fourth-order valence-corrected chi connectivity index (χ4v) is 2.29. The summed E-state index contributed by atoms with van der Waals surface area (Å²) in [4.78, 5) is 16.2. The van der Waals surface area contributed by atoms with Gasteiger partial charge >= 0.3 is 12.2 Å². The third kappa shape index (κ3) is 4.63. The minimum absolute atomic E-state index is 0.0397. The first-order chi connectivity index (χ1) is 12.8. The largest absolute Gasteiger partial charge is 0.416 e. The average molecular weight is 376 g/mol. The van der Waals surface area contributed by atoms with Crippen LogP contribution in [0, 0.1) is 0 Å². The molecule has 2 amide bonds. The summed E-state index contributed by atoms with van der Waals surface area (Å²) in [6.45, 7) is 1.90. The first-order valence-corrected chi connectivity index (χ1v) is 8.03. The van der Waals surface area contributed by atoms with Crippen LogP contribution in [0.4, 0.5) is 29.3 Å². The molecule has 1 heterocycles. The van der Waals surface area contributed by atoms with E-state index in [4.69, 9.17) is 4.52 Å². The number of urea groups is 1. The Labute approximate surface area is 152 Å². The molecule has 3 aromatic rings. The molecule has 2 N–H and O–H groups in total. The van der Waals surface area contributed by atoms with Gasteiger partial charge in [-0.2, -0.15) is 18.2 Å². The Bertz CT molecular complexity index is 936. The Kier molecular flexibility index (Phi) is 5.11. The van der Waals surface area contributed by atoms with Crippen LogP contribution in [0.15, 0.2) is 53.1 Å². The van der Waals surface area contributed by atoms with E-state index < -0.39 is 17.8 Å². The van der Waals surface area contributed by atoms with Crippen LogP contribution < -0.4 is 10.6 Å². The number of carbonyl (C=O) groups is 1. The number of rotatable bonds is 4. The Morgan fingerprint density at radius 2 is 1.78 bits per heavy atom. The van der Waals surface area contributed by atoms with Gasteiger partial charge in [-0.05, 0) is 42.5 Å². The van der Waals surface area contributed by atoms with E-state index in [1.54, 1.807) is 24.3 Å². The van der Waals surface area contributed by atoms with E-state index >= 15 is 0 Å². The second kappa shape index (κ2) is 7.48. The highest BCUT2D eigenvalue weighted by Crippen LogP contribution is 2.30. The average Bonchev–Trinajstić information content (AvgIpc) is 3.11. The number of alkyl halides is 3. The summed E-state index contributed by atoms with van der Waals surface area (Å²) in [5.74, 6) is 0.958. The molecule has 9 heteroatoms. The van der Waals surface area contributed by atoms with Crippen LogP contribution in [0.25, 0.3) is 11.4 Å². The van der Waals surface area contributed by atoms with Gasteiger partial charge in [-0.15, -0.1) is 0 Å². The maximum atomic E-state index is 12.7. The lowest BCUT2D eigenvalue weighted by Gasteiger charge is -2.11. The number of hydrogen-bond donors (Lipinski definition) is 2. The zero-order chi connectivity index (χ0) is 19.4. The standard InChI is InChI=1S/C18H15F3N4O2/c1-2-15-24-16(25-27-15)11-6-8-13(9-7-11)22-17(26)23-14-5-3-4-12(10-14)18(19,20)21/h3-10H,2H2,1H3,(H2,22,23,26). The molecule has 0 unspecified atom stereocenters. The van der Waals surface area contributed by atoms with Crippen molar-refractivity contribution in [3.8, 4) is 11.4 Å². The molecule has 0 atom stereocenters. The van der Waals surface area contributed by atoms with E-state index in [1.165, 1.54) is 12.1 Å². The van der Waals surface area contributed by atoms with Gasteiger partial charge < -0.3 is 15.2 Å². The molecule has 1 aromatic heterocycles. The van der Waals surface area contributed by atoms with Crippen LogP contribution >= 0.6 is 0 Å². The first kappa shape index (κ1) is 18.4. The number of nitrogens with one attached hydrogen (secondary N) is 2.